The molecule has 1 aliphatic heterocycles. The molecule has 0 radical (unpaired) electrons. The van der Waals surface area contributed by atoms with Gasteiger partial charge in [-0.05, 0) is 51.0 Å². The van der Waals surface area contributed by atoms with Gasteiger partial charge >= 0.3 is 6.09 Å². The molecule has 1 unspecified atom stereocenters. The third-order valence-electron chi connectivity index (χ3n) is 6.38. The number of benzene rings is 1. The Bertz CT molecular complexity index is 1580. The van der Waals surface area contributed by atoms with Crippen molar-refractivity contribution < 1.29 is 18.5 Å². The Morgan fingerprint density at radius 3 is 2.59 bits per heavy atom. The van der Waals surface area contributed by atoms with Gasteiger partial charge in [0.1, 0.15) is 35.8 Å². The lowest BCUT2D eigenvalue weighted by molar-refractivity contribution is 0.0240. The highest BCUT2D eigenvalue weighted by Crippen LogP contribution is 2.29. The number of aromatic nitrogens is 3. The summed E-state index contributed by atoms with van der Waals surface area (Å²) in [5, 5.41) is 0.745. The molecule has 10 heteroatoms. The molecule has 5 rings (SSSR count). The molecular formula is C31H33N5O4S. The first kappa shape index (κ1) is 28.2. The molecule has 1 aromatic carbocycles. The van der Waals surface area contributed by atoms with Crippen molar-refractivity contribution in [3.8, 4) is 11.8 Å². The van der Waals surface area contributed by atoms with E-state index in [2.05, 4.69) is 26.7 Å². The summed E-state index contributed by atoms with van der Waals surface area (Å²) in [4.78, 5) is 26.1. The monoisotopic (exact) mass is 571 g/mol. The van der Waals surface area contributed by atoms with E-state index in [4.69, 9.17) is 9.47 Å². The van der Waals surface area contributed by atoms with Gasteiger partial charge < -0.3 is 19.3 Å². The van der Waals surface area contributed by atoms with E-state index in [1.165, 1.54) is 6.33 Å². The summed E-state index contributed by atoms with van der Waals surface area (Å²) in [5.41, 5.74) is 0.529. The fraction of sp³-hybridized carbons (Fsp3) is 0.323. The summed E-state index contributed by atoms with van der Waals surface area (Å²) in [7, 11) is -1.58. The van der Waals surface area contributed by atoms with Crippen molar-refractivity contribution in [1.82, 2.24) is 18.8 Å². The van der Waals surface area contributed by atoms with Gasteiger partial charge in [0.15, 0.2) is 16.6 Å². The molecule has 1 fully saturated rings. The number of hydrogen-bond donors (Lipinski definition) is 0. The molecule has 0 N–H and O–H groups in total. The largest absolute Gasteiger partial charge is 0.485 e. The first-order chi connectivity index (χ1) is 19.8. The zero-order valence-electron chi connectivity index (χ0n) is 23.4. The van der Waals surface area contributed by atoms with Gasteiger partial charge in [-0.2, -0.15) is 0 Å². The van der Waals surface area contributed by atoms with Gasteiger partial charge in [-0.25, -0.2) is 22.9 Å². The Morgan fingerprint density at radius 1 is 1.05 bits per heavy atom. The van der Waals surface area contributed by atoms with Crippen molar-refractivity contribution in [2.24, 2.45) is 0 Å². The van der Waals surface area contributed by atoms with Crippen LogP contribution in [0, 0.1) is 11.8 Å². The minimum Gasteiger partial charge on any atom is -0.485 e. The van der Waals surface area contributed by atoms with Crippen LogP contribution in [0.5, 0.6) is 0 Å². The predicted molar refractivity (Wildman–Crippen MR) is 160 cm³/mol. The van der Waals surface area contributed by atoms with E-state index >= 15 is 0 Å². The number of rotatable bonds is 5. The van der Waals surface area contributed by atoms with Gasteiger partial charge in [-0.3, -0.25) is 0 Å². The minimum atomic E-state index is -1.58. The van der Waals surface area contributed by atoms with Gasteiger partial charge in [-0.15, -0.1) is 0 Å². The van der Waals surface area contributed by atoms with Crippen LogP contribution in [0.4, 0.5) is 10.6 Å². The van der Waals surface area contributed by atoms with Crippen molar-refractivity contribution in [3.05, 3.63) is 84.6 Å². The van der Waals surface area contributed by atoms with E-state index in [1.54, 1.807) is 8.87 Å². The molecular weight excluding hydrogens is 538 g/mol. The topological polar surface area (TPSA) is 89.8 Å². The summed E-state index contributed by atoms with van der Waals surface area (Å²) in [6.07, 6.45) is 11.7. The molecule has 1 saturated heterocycles. The van der Waals surface area contributed by atoms with Crippen molar-refractivity contribution in [1.29, 1.82) is 0 Å². The molecule has 41 heavy (non-hydrogen) atoms. The van der Waals surface area contributed by atoms with E-state index in [0.717, 1.165) is 11.1 Å². The molecule has 3 heterocycles. The fourth-order valence-corrected chi connectivity index (χ4v) is 5.65. The van der Waals surface area contributed by atoms with E-state index in [1.807, 2.05) is 87.5 Å². The maximum Gasteiger partial charge on any atom is 0.410 e. The number of nitrogens with zero attached hydrogens (tertiary/aromatic N) is 5. The molecule has 1 aliphatic carbocycles. The lowest BCUT2D eigenvalue weighted by Gasteiger charge is -2.36. The van der Waals surface area contributed by atoms with Gasteiger partial charge in [0, 0.05) is 32.6 Å². The molecule has 9 nitrogen and oxygen atoms in total. The van der Waals surface area contributed by atoms with Crippen molar-refractivity contribution in [2.75, 3.05) is 37.7 Å². The third-order valence-corrected chi connectivity index (χ3v) is 7.76. The molecule has 2 aromatic heterocycles. The molecule has 3 aromatic rings. The SMILES string of the molecule is CC(C)(C)OC(=O)N1CCN(c2ncnc3c2cc(C#CCOC2=CC=CC=CC2)n3S(=O)c2ccccc2)CC1. The number of hydrogen-bond acceptors (Lipinski definition) is 7. The zero-order chi connectivity index (χ0) is 28.8. The van der Waals surface area contributed by atoms with Crippen LogP contribution < -0.4 is 4.90 Å². The van der Waals surface area contributed by atoms with Crippen LogP contribution in [0.25, 0.3) is 11.0 Å². The van der Waals surface area contributed by atoms with Gasteiger partial charge in [-0.1, -0.05) is 48.4 Å². The number of amides is 1. The van der Waals surface area contributed by atoms with E-state index in [-0.39, 0.29) is 12.7 Å². The third kappa shape index (κ3) is 6.87. The maximum atomic E-state index is 13.8. The number of fused-ring (bicyclic) bond motifs is 1. The molecule has 0 bridgehead atoms. The normalized spacial score (nSPS) is 16.0. The van der Waals surface area contributed by atoms with Crippen LogP contribution in [-0.2, 0) is 20.5 Å². The summed E-state index contributed by atoms with van der Waals surface area (Å²) in [6, 6.07) is 11.1. The zero-order valence-corrected chi connectivity index (χ0v) is 24.3. The minimum absolute atomic E-state index is 0.193. The number of ether oxygens (including phenoxy) is 2. The average Bonchev–Trinajstić information content (AvgIpc) is 3.13. The summed E-state index contributed by atoms with van der Waals surface area (Å²) in [5.74, 6) is 7.78. The van der Waals surface area contributed by atoms with Crippen LogP contribution >= 0.6 is 0 Å². The van der Waals surface area contributed by atoms with E-state index < -0.39 is 16.6 Å². The average molecular weight is 572 g/mol. The van der Waals surface area contributed by atoms with Crippen LogP contribution in [-0.4, -0.2) is 67.5 Å². The number of piperazine rings is 1. The number of anilines is 1. The van der Waals surface area contributed by atoms with Crippen LogP contribution in [0.3, 0.4) is 0 Å². The van der Waals surface area contributed by atoms with Gasteiger partial charge in [0.25, 0.3) is 0 Å². The summed E-state index contributed by atoms with van der Waals surface area (Å²) < 4.78 is 26.8. The molecule has 2 aliphatic rings. The second-order valence-electron chi connectivity index (χ2n) is 10.5. The number of carbonyl (C=O) groups is 1. The highest BCUT2D eigenvalue weighted by Gasteiger charge is 2.28. The summed E-state index contributed by atoms with van der Waals surface area (Å²) >= 11 is 0. The summed E-state index contributed by atoms with van der Waals surface area (Å²) in [6.45, 7) is 7.92. The van der Waals surface area contributed by atoms with E-state index in [0.29, 0.717) is 54.7 Å². The predicted octanol–water partition coefficient (Wildman–Crippen LogP) is 4.83. The lowest BCUT2D eigenvalue weighted by Crippen LogP contribution is -2.50. The second-order valence-corrected chi connectivity index (χ2v) is 11.9. The smallest absolute Gasteiger partial charge is 0.410 e. The fourth-order valence-electron chi connectivity index (χ4n) is 4.47. The lowest BCUT2D eigenvalue weighted by atomic mass is 10.2. The Labute approximate surface area is 242 Å². The number of carbonyl (C=O) groups excluding carboxylic acids is 1. The molecule has 1 atom stereocenters. The van der Waals surface area contributed by atoms with Crippen molar-refractivity contribution in [3.63, 3.8) is 0 Å². The van der Waals surface area contributed by atoms with E-state index in [9.17, 15) is 9.00 Å². The van der Waals surface area contributed by atoms with Crippen LogP contribution in [0.2, 0.25) is 0 Å². The highest BCUT2D eigenvalue weighted by atomic mass is 32.2. The highest BCUT2D eigenvalue weighted by molar-refractivity contribution is 7.83. The van der Waals surface area contributed by atoms with Crippen LogP contribution in [0.15, 0.2) is 83.8 Å². The van der Waals surface area contributed by atoms with Crippen molar-refractivity contribution >= 4 is 33.9 Å². The Balaban J connectivity index is 1.43. The Morgan fingerprint density at radius 2 is 1.83 bits per heavy atom. The standard InChI is InChI=1S/C31H33N5O4S/c1-31(2,3)40-30(37)35-19-17-34(18-20-35)28-27-22-24(12-11-21-39-25-13-7-4-5-8-14-25)36(29(27)33-23-32-28)41(38)26-15-9-6-10-16-26/h4-10,13,15-16,22-23H,14,17-21H2,1-3H3. The molecule has 212 valence electrons. The second kappa shape index (κ2) is 12.4. The molecule has 0 spiro atoms. The Hall–Kier alpha value is -4.36. The first-order valence-electron chi connectivity index (χ1n) is 13.5. The molecule has 0 saturated carbocycles. The van der Waals surface area contributed by atoms with Gasteiger partial charge in [0.2, 0.25) is 0 Å². The molecule has 1 amide bonds. The number of allylic oxidation sites excluding steroid dienone is 5. The quantitative estimate of drug-likeness (QED) is 0.406. The Kier molecular flexibility index (Phi) is 8.55. The van der Waals surface area contributed by atoms with Gasteiger partial charge in [0.05, 0.1) is 10.3 Å². The van der Waals surface area contributed by atoms with Crippen molar-refractivity contribution in [2.45, 2.75) is 37.7 Å². The van der Waals surface area contributed by atoms with Crippen LogP contribution in [0.1, 0.15) is 32.9 Å². The first-order valence-corrected chi connectivity index (χ1v) is 14.6. The maximum absolute atomic E-state index is 13.8.